The molecule has 0 saturated carbocycles. The van der Waals surface area contributed by atoms with Gasteiger partial charge < -0.3 is 24.0 Å². The van der Waals surface area contributed by atoms with Crippen LogP contribution in [-0.4, -0.2) is 67.2 Å². The molecule has 1 saturated heterocycles. The topological polar surface area (TPSA) is 77.0 Å². The van der Waals surface area contributed by atoms with E-state index in [0.717, 1.165) is 22.3 Å². The highest BCUT2D eigenvalue weighted by atomic mass is 32.1. The average Bonchev–Trinajstić information content (AvgIpc) is 3.31. The number of hydrogen-bond donors (Lipinski definition) is 0. The number of carbonyl (C=O) groups excluding carboxylic acids is 1. The number of piperazine rings is 1. The Labute approximate surface area is 197 Å². The Morgan fingerprint density at radius 1 is 1.06 bits per heavy atom. The van der Waals surface area contributed by atoms with Gasteiger partial charge in [0.05, 0.1) is 21.3 Å². The lowest BCUT2D eigenvalue weighted by atomic mass is 10.1. The van der Waals surface area contributed by atoms with E-state index in [-0.39, 0.29) is 11.9 Å². The van der Waals surface area contributed by atoms with E-state index >= 15 is 0 Å². The molecule has 0 aliphatic carbocycles. The smallest absolute Gasteiger partial charge is 0.261 e. The third kappa shape index (κ3) is 4.88. The molecule has 33 heavy (non-hydrogen) atoms. The molecular formula is C24H28N4O4S. The predicted molar refractivity (Wildman–Crippen MR) is 128 cm³/mol. The summed E-state index contributed by atoms with van der Waals surface area (Å²) < 4.78 is 20.7. The summed E-state index contributed by atoms with van der Waals surface area (Å²) in [5.41, 5.74) is 1.56. The molecule has 1 unspecified atom stereocenters. The summed E-state index contributed by atoms with van der Waals surface area (Å²) in [5, 5.41) is 0.877. The minimum Gasteiger partial charge on any atom is -0.497 e. The summed E-state index contributed by atoms with van der Waals surface area (Å²) in [6, 6.07) is 13.3. The minimum absolute atomic E-state index is 0.00778. The monoisotopic (exact) mass is 468 g/mol. The number of amides is 1. The normalized spacial score (nSPS) is 15.9. The van der Waals surface area contributed by atoms with Crippen LogP contribution in [-0.2, 0) is 6.42 Å². The van der Waals surface area contributed by atoms with E-state index in [1.54, 1.807) is 33.5 Å². The predicted octanol–water partition coefficient (Wildman–Crippen LogP) is 3.51. The number of ether oxygens (including phenoxy) is 3. The Morgan fingerprint density at radius 2 is 1.79 bits per heavy atom. The van der Waals surface area contributed by atoms with Crippen LogP contribution in [0.3, 0.4) is 0 Å². The quantitative estimate of drug-likeness (QED) is 0.525. The van der Waals surface area contributed by atoms with Gasteiger partial charge in [0.15, 0.2) is 0 Å². The van der Waals surface area contributed by atoms with E-state index in [2.05, 4.69) is 9.27 Å². The second-order valence-corrected chi connectivity index (χ2v) is 8.58. The number of rotatable bonds is 7. The van der Waals surface area contributed by atoms with Crippen molar-refractivity contribution in [3.05, 3.63) is 59.4 Å². The van der Waals surface area contributed by atoms with Crippen molar-refractivity contribution in [3.8, 4) is 17.2 Å². The zero-order valence-electron chi connectivity index (χ0n) is 19.3. The lowest BCUT2D eigenvalue weighted by Gasteiger charge is -2.39. The van der Waals surface area contributed by atoms with Crippen molar-refractivity contribution < 1.29 is 19.0 Å². The van der Waals surface area contributed by atoms with Gasteiger partial charge in [0.2, 0.25) is 5.13 Å². The first-order chi connectivity index (χ1) is 16.0. The van der Waals surface area contributed by atoms with Crippen LogP contribution >= 0.6 is 11.5 Å². The molecule has 1 fully saturated rings. The fourth-order valence-electron chi connectivity index (χ4n) is 4.05. The summed E-state index contributed by atoms with van der Waals surface area (Å²) >= 11 is 1.40. The molecule has 4 rings (SSSR count). The van der Waals surface area contributed by atoms with Crippen LogP contribution < -0.4 is 19.1 Å². The van der Waals surface area contributed by atoms with Crippen LogP contribution in [0.5, 0.6) is 17.2 Å². The van der Waals surface area contributed by atoms with Crippen LogP contribution in [0.15, 0.2) is 42.5 Å². The molecule has 0 radical (unpaired) electrons. The molecule has 0 N–H and O–H groups in total. The fraction of sp³-hybridized carbons (Fsp3) is 0.375. The number of anilines is 1. The standard InChI is InChI=1S/C24H28N4O4S/c1-16-15-27(24-25-21(26-33-24)14-17-7-5-8-18(13-17)30-2)11-12-28(16)23(29)22-19(31-3)9-6-10-20(22)32-4/h5-10,13,16H,11-12,14-15H2,1-4H3. The van der Waals surface area contributed by atoms with E-state index in [4.69, 9.17) is 19.2 Å². The summed E-state index contributed by atoms with van der Waals surface area (Å²) in [5.74, 6) is 2.55. The van der Waals surface area contributed by atoms with Crippen molar-refractivity contribution in [2.24, 2.45) is 0 Å². The van der Waals surface area contributed by atoms with Gasteiger partial charge in [0.1, 0.15) is 28.6 Å². The van der Waals surface area contributed by atoms with Crippen molar-refractivity contribution in [2.45, 2.75) is 19.4 Å². The maximum absolute atomic E-state index is 13.4. The molecule has 2 heterocycles. The highest BCUT2D eigenvalue weighted by molar-refractivity contribution is 7.09. The first kappa shape index (κ1) is 22.8. The Bertz CT molecular complexity index is 1100. The molecule has 1 aromatic heterocycles. The number of hydrogen-bond acceptors (Lipinski definition) is 8. The third-order valence-electron chi connectivity index (χ3n) is 5.75. The van der Waals surface area contributed by atoms with Crippen LogP contribution in [0.4, 0.5) is 5.13 Å². The number of methoxy groups -OCH3 is 3. The fourth-order valence-corrected chi connectivity index (χ4v) is 4.77. The Hall–Kier alpha value is -3.33. The van der Waals surface area contributed by atoms with Gasteiger partial charge >= 0.3 is 0 Å². The van der Waals surface area contributed by atoms with E-state index in [0.29, 0.717) is 43.1 Å². The number of aromatic nitrogens is 2. The maximum Gasteiger partial charge on any atom is 0.261 e. The number of benzene rings is 2. The Kier molecular flexibility index (Phi) is 6.98. The average molecular weight is 469 g/mol. The summed E-state index contributed by atoms with van der Waals surface area (Å²) in [7, 11) is 4.78. The maximum atomic E-state index is 13.4. The van der Waals surface area contributed by atoms with E-state index in [1.807, 2.05) is 42.2 Å². The summed E-state index contributed by atoms with van der Waals surface area (Å²) in [4.78, 5) is 22.2. The van der Waals surface area contributed by atoms with Crippen molar-refractivity contribution in [1.29, 1.82) is 0 Å². The number of carbonyl (C=O) groups is 1. The largest absolute Gasteiger partial charge is 0.497 e. The van der Waals surface area contributed by atoms with Crippen molar-refractivity contribution in [3.63, 3.8) is 0 Å². The Balaban J connectivity index is 1.44. The minimum atomic E-state index is -0.0903. The molecule has 0 spiro atoms. The highest BCUT2D eigenvalue weighted by Crippen LogP contribution is 2.31. The molecule has 2 aromatic carbocycles. The molecule has 0 bridgehead atoms. The van der Waals surface area contributed by atoms with Gasteiger partial charge in [-0.25, -0.2) is 4.98 Å². The van der Waals surface area contributed by atoms with Crippen molar-refractivity contribution in [1.82, 2.24) is 14.3 Å². The van der Waals surface area contributed by atoms with Crippen LogP contribution in [0.25, 0.3) is 0 Å². The molecule has 9 heteroatoms. The van der Waals surface area contributed by atoms with E-state index in [1.165, 1.54) is 11.5 Å². The molecule has 1 atom stereocenters. The first-order valence-electron chi connectivity index (χ1n) is 10.8. The van der Waals surface area contributed by atoms with Crippen LogP contribution in [0.2, 0.25) is 0 Å². The molecule has 1 amide bonds. The van der Waals surface area contributed by atoms with E-state index < -0.39 is 0 Å². The van der Waals surface area contributed by atoms with Gasteiger partial charge in [-0.15, -0.1) is 0 Å². The summed E-state index contributed by atoms with van der Waals surface area (Å²) in [6.07, 6.45) is 0.648. The molecule has 174 valence electrons. The molecule has 8 nitrogen and oxygen atoms in total. The molecule has 1 aliphatic rings. The zero-order chi connectivity index (χ0) is 23.4. The van der Waals surface area contributed by atoms with Crippen LogP contribution in [0, 0.1) is 0 Å². The third-order valence-corrected chi connectivity index (χ3v) is 6.57. The lowest BCUT2D eigenvalue weighted by molar-refractivity contribution is 0.0667. The zero-order valence-corrected chi connectivity index (χ0v) is 20.1. The van der Waals surface area contributed by atoms with Crippen molar-refractivity contribution in [2.75, 3.05) is 45.9 Å². The SMILES string of the molecule is COc1cccc(Cc2nsc(N3CCN(C(=O)c4c(OC)cccc4OC)C(C)C3)n2)c1. The molecular weight excluding hydrogens is 440 g/mol. The first-order valence-corrected chi connectivity index (χ1v) is 11.5. The van der Waals surface area contributed by atoms with Gasteiger partial charge in [-0.2, -0.15) is 4.37 Å². The molecule has 3 aromatic rings. The number of nitrogens with zero attached hydrogens (tertiary/aromatic N) is 4. The second kappa shape index (κ2) is 10.1. The van der Waals surface area contributed by atoms with Gasteiger partial charge in [-0.3, -0.25) is 4.79 Å². The highest BCUT2D eigenvalue weighted by Gasteiger charge is 2.32. The summed E-state index contributed by atoms with van der Waals surface area (Å²) in [6.45, 7) is 3.98. The van der Waals surface area contributed by atoms with Gasteiger partial charge in [-0.05, 0) is 36.8 Å². The van der Waals surface area contributed by atoms with Crippen LogP contribution in [0.1, 0.15) is 28.7 Å². The van der Waals surface area contributed by atoms with Gasteiger partial charge in [0.25, 0.3) is 5.91 Å². The second-order valence-electron chi connectivity index (χ2n) is 7.85. The van der Waals surface area contributed by atoms with Crippen molar-refractivity contribution >= 4 is 22.6 Å². The Morgan fingerprint density at radius 3 is 2.45 bits per heavy atom. The van der Waals surface area contributed by atoms with Gasteiger partial charge in [-0.1, -0.05) is 18.2 Å². The van der Waals surface area contributed by atoms with E-state index in [9.17, 15) is 4.79 Å². The van der Waals surface area contributed by atoms with Gasteiger partial charge in [0, 0.05) is 43.6 Å². The lowest BCUT2D eigenvalue weighted by Crippen LogP contribution is -2.54. The molecule has 1 aliphatic heterocycles.